The first-order valence-corrected chi connectivity index (χ1v) is 8.83. The molecule has 2 rings (SSSR count). The first kappa shape index (κ1) is 18.2. The lowest BCUT2D eigenvalue weighted by Gasteiger charge is -2.24. The third-order valence-corrected chi connectivity index (χ3v) is 5.15. The largest absolute Gasteiger partial charge is 0.408 e. The fourth-order valence-corrected chi connectivity index (χ4v) is 3.91. The number of carbonyl (C=O) groups excluding carboxylic acids is 1. The van der Waals surface area contributed by atoms with E-state index in [4.69, 9.17) is 0 Å². The van der Waals surface area contributed by atoms with Gasteiger partial charge in [-0.1, -0.05) is 0 Å². The molecular weight excluding hydrogens is 327 g/mol. The van der Waals surface area contributed by atoms with Crippen molar-refractivity contribution in [1.29, 1.82) is 0 Å². The van der Waals surface area contributed by atoms with E-state index in [1.165, 1.54) is 0 Å². The van der Waals surface area contributed by atoms with Gasteiger partial charge < -0.3 is 4.90 Å². The molecule has 0 radical (unpaired) electrons. The average molecular weight is 349 g/mol. The van der Waals surface area contributed by atoms with Crippen LogP contribution in [-0.4, -0.2) is 51.4 Å². The summed E-state index contributed by atoms with van der Waals surface area (Å²) in [6.07, 6.45) is -3.37. The Kier molecular flexibility index (Phi) is 5.65. The summed E-state index contributed by atoms with van der Waals surface area (Å²) in [7, 11) is 0. The van der Waals surface area contributed by atoms with Gasteiger partial charge in [-0.25, -0.2) is 0 Å². The van der Waals surface area contributed by atoms with E-state index < -0.39 is 18.6 Å². The summed E-state index contributed by atoms with van der Waals surface area (Å²) < 4.78 is 38.8. The summed E-state index contributed by atoms with van der Waals surface area (Å²) in [6, 6.07) is 0. The highest BCUT2D eigenvalue weighted by Crippen LogP contribution is 2.28. The van der Waals surface area contributed by atoms with Crippen molar-refractivity contribution in [2.75, 3.05) is 24.6 Å². The van der Waals surface area contributed by atoms with Crippen LogP contribution >= 0.6 is 11.8 Å². The maximum Gasteiger partial charge on any atom is 0.408 e. The lowest BCUT2D eigenvalue weighted by Crippen LogP contribution is -2.36. The second-order valence-electron chi connectivity index (χ2n) is 5.87. The number of hydrogen-bond acceptors (Lipinski definition) is 3. The molecule has 0 N–H and O–H groups in total. The number of rotatable bonds is 3. The van der Waals surface area contributed by atoms with Gasteiger partial charge in [0.05, 0.1) is 11.6 Å². The fraction of sp³-hybridized carbons (Fsp3) is 0.733. The maximum absolute atomic E-state index is 12.7. The molecule has 1 atom stereocenters. The van der Waals surface area contributed by atoms with Crippen molar-refractivity contribution < 1.29 is 18.0 Å². The SMILES string of the molecule is Cc1nn(CC(F)(F)F)c(C)c1[C@@H](C)C(=O)N1CCCSCC1. The average Bonchev–Trinajstić information content (AvgIpc) is 2.66. The molecule has 1 aliphatic rings. The quantitative estimate of drug-likeness (QED) is 0.841. The molecule has 1 aliphatic heterocycles. The Morgan fingerprint density at radius 3 is 2.65 bits per heavy atom. The zero-order valence-electron chi connectivity index (χ0n) is 13.6. The molecule has 4 nitrogen and oxygen atoms in total. The Bertz CT molecular complexity index is 563. The summed E-state index contributed by atoms with van der Waals surface area (Å²) in [6.45, 7) is 5.31. The van der Waals surface area contributed by atoms with Gasteiger partial charge in [0.25, 0.3) is 0 Å². The number of carbonyl (C=O) groups is 1. The second-order valence-corrected chi connectivity index (χ2v) is 7.09. The number of halogens is 3. The molecule has 0 saturated carbocycles. The molecule has 0 aromatic carbocycles. The van der Waals surface area contributed by atoms with E-state index >= 15 is 0 Å². The molecule has 0 spiro atoms. The molecule has 8 heteroatoms. The predicted molar refractivity (Wildman–Crippen MR) is 84.7 cm³/mol. The third kappa shape index (κ3) is 4.43. The monoisotopic (exact) mass is 349 g/mol. The molecule has 0 unspecified atom stereocenters. The Morgan fingerprint density at radius 2 is 2.00 bits per heavy atom. The minimum atomic E-state index is -4.32. The number of aromatic nitrogens is 2. The fourth-order valence-electron chi connectivity index (χ4n) is 3.03. The normalized spacial score (nSPS) is 17.9. The van der Waals surface area contributed by atoms with Crippen LogP contribution in [0.2, 0.25) is 0 Å². The van der Waals surface area contributed by atoms with Crippen LogP contribution in [0.3, 0.4) is 0 Å². The van der Waals surface area contributed by atoms with Crippen LogP contribution in [0, 0.1) is 13.8 Å². The number of hydrogen-bond donors (Lipinski definition) is 0. The van der Waals surface area contributed by atoms with Gasteiger partial charge in [-0.3, -0.25) is 9.48 Å². The van der Waals surface area contributed by atoms with E-state index in [0.717, 1.165) is 22.6 Å². The van der Waals surface area contributed by atoms with Crippen LogP contribution in [0.1, 0.15) is 36.2 Å². The van der Waals surface area contributed by atoms with E-state index in [2.05, 4.69) is 5.10 Å². The molecule has 2 heterocycles. The molecule has 1 saturated heterocycles. The lowest BCUT2D eigenvalue weighted by molar-refractivity contribution is -0.143. The van der Waals surface area contributed by atoms with Crippen molar-refractivity contribution in [3.63, 3.8) is 0 Å². The van der Waals surface area contributed by atoms with Crippen LogP contribution < -0.4 is 0 Å². The van der Waals surface area contributed by atoms with E-state index in [1.54, 1.807) is 20.8 Å². The lowest BCUT2D eigenvalue weighted by atomic mass is 9.97. The van der Waals surface area contributed by atoms with E-state index in [9.17, 15) is 18.0 Å². The summed E-state index contributed by atoms with van der Waals surface area (Å²) >= 11 is 1.83. The van der Waals surface area contributed by atoms with E-state index in [1.807, 2.05) is 16.7 Å². The smallest absolute Gasteiger partial charge is 0.341 e. The highest BCUT2D eigenvalue weighted by atomic mass is 32.2. The predicted octanol–water partition coefficient (Wildman–Crippen LogP) is 3.13. The molecular formula is C15H22F3N3OS. The summed E-state index contributed by atoms with van der Waals surface area (Å²) in [5, 5.41) is 3.98. The van der Waals surface area contributed by atoms with Gasteiger partial charge in [-0.15, -0.1) is 0 Å². The van der Waals surface area contributed by atoms with Gasteiger partial charge in [0.1, 0.15) is 6.54 Å². The Morgan fingerprint density at radius 1 is 1.30 bits per heavy atom. The van der Waals surface area contributed by atoms with Gasteiger partial charge in [-0.05, 0) is 32.9 Å². The summed E-state index contributed by atoms with van der Waals surface area (Å²) in [5.74, 6) is 1.45. The van der Waals surface area contributed by atoms with Gasteiger partial charge in [0.15, 0.2) is 0 Å². The highest BCUT2D eigenvalue weighted by molar-refractivity contribution is 7.99. The molecule has 1 fully saturated rings. The summed E-state index contributed by atoms with van der Waals surface area (Å²) in [5.41, 5.74) is 1.54. The van der Waals surface area contributed by atoms with Crippen molar-refractivity contribution in [2.45, 2.75) is 45.8 Å². The van der Waals surface area contributed by atoms with Crippen molar-refractivity contribution in [1.82, 2.24) is 14.7 Å². The maximum atomic E-state index is 12.7. The molecule has 23 heavy (non-hydrogen) atoms. The van der Waals surface area contributed by atoms with Crippen LogP contribution in [0.4, 0.5) is 13.2 Å². The minimum Gasteiger partial charge on any atom is -0.341 e. The van der Waals surface area contributed by atoms with Gasteiger partial charge >= 0.3 is 6.18 Å². The van der Waals surface area contributed by atoms with E-state index in [-0.39, 0.29) is 5.91 Å². The third-order valence-electron chi connectivity index (χ3n) is 4.10. The molecule has 0 aliphatic carbocycles. The first-order chi connectivity index (χ1) is 10.7. The van der Waals surface area contributed by atoms with Crippen molar-refractivity contribution in [3.8, 4) is 0 Å². The number of thioether (sulfide) groups is 1. The van der Waals surface area contributed by atoms with E-state index in [0.29, 0.717) is 30.0 Å². The number of amides is 1. The number of alkyl halides is 3. The first-order valence-electron chi connectivity index (χ1n) is 7.68. The molecule has 1 amide bonds. The number of nitrogens with zero attached hydrogens (tertiary/aromatic N) is 3. The van der Waals surface area contributed by atoms with Crippen LogP contribution in [0.25, 0.3) is 0 Å². The summed E-state index contributed by atoms with van der Waals surface area (Å²) in [4.78, 5) is 14.5. The molecule has 1 aromatic rings. The Balaban J connectivity index is 2.21. The minimum absolute atomic E-state index is 0.0229. The van der Waals surface area contributed by atoms with Crippen LogP contribution in [0.15, 0.2) is 0 Å². The highest BCUT2D eigenvalue weighted by Gasteiger charge is 2.32. The van der Waals surface area contributed by atoms with Crippen LogP contribution in [0.5, 0.6) is 0 Å². The number of aryl methyl sites for hydroxylation is 1. The van der Waals surface area contributed by atoms with Crippen LogP contribution in [-0.2, 0) is 11.3 Å². The Labute approximate surface area is 138 Å². The standard InChI is InChI=1S/C15H22F3N3OS/c1-10(14(22)20-5-4-7-23-8-6-20)13-11(2)19-21(12(13)3)9-15(16,17)18/h10H,4-9H2,1-3H3/t10-/m1/s1. The molecule has 0 bridgehead atoms. The van der Waals surface area contributed by atoms with Gasteiger partial charge in [0.2, 0.25) is 5.91 Å². The topological polar surface area (TPSA) is 38.1 Å². The Hall–Kier alpha value is -1.18. The van der Waals surface area contributed by atoms with Gasteiger partial charge in [0, 0.05) is 30.1 Å². The second kappa shape index (κ2) is 7.15. The van der Waals surface area contributed by atoms with Crippen molar-refractivity contribution >= 4 is 17.7 Å². The molecule has 1 aromatic heterocycles. The zero-order valence-corrected chi connectivity index (χ0v) is 14.4. The van der Waals surface area contributed by atoms with Gasteiger partial charge in [-0.2, -0.15) is 30.0 Å². The zero-order chi connectivity index (χ0) is 17.2. The molecule has 130 valence electrons. The van der Waals surface area contributed by atoms with Crippen molar-refractivity contribution in [2.24, 2.45) is 0 Å². The van der Waals surface area contributed by atoms with Crippen molar-refractivity contribution in [3.05, 3.63) is 17.0 Å².